The van der Waals surface area contributed by atoms with Crippen LogP contribution in [0, 0.1) is 0 Å². The molecule has 0 saturated carbocycles. The molecule has 0 aliphatic carbocycles. The second-order valence-electron chi connectivity index (χ2n) is 10.4. The van der Waals surface area contributed by atoms with Gasteiger partial charge < -0.3 is 4.57 Å². The van der Waals surface area contributed by atoms with Crippen LogP contribution in [-0.2, 0) is 0 Å². The fraction of sp³-hybridized carbons (Fsp3) is 0. The van der Waals surface area contributed by atoms with Crippen molar-refractivity contribution < 1.29 is 8.22 Å². The van der Waals surface area contributed by atoms with Crippen LogP contribution in [0.4, 0.5) is 0 Å². The average Bonchev–Trinajstić information content (AvgIpc) is 3.66. The molecular formula is C39H25N5. The van der Waals surface area contributed by atoms with E-state index in [1.54, 1.807) is 16.7 Å². The lowest BCUT2D eigenvalue weighted by molar-refractivity contribution is 0.953. The summed E-state index contributed by atoms with van der Waals surface area (Å²) in [4.78, 5) is 14.9. The molecule has 0 saturated heterocycles. The van der Waals surface area contributed by atoms with Gasteiger partial charge in [-0.25, -0.2) is 4.98 Å². The minimum atomic E-state index is -0.137. The molecule has 0 spiro atoms. The zero-order valence-electron chi connectivity index (χ0n) is 29.2. The number of rotatable bonds is 4. The van der Waals surface area contributed by atoms with Gasteiger partial charge >= 0.3 is 0 Å². The third kappa shape index (κ3) is 3.69. The van der Waals surface area contributed by atoms with Crippen molar-refractivity contribution >= 4 is 43.6 Å². The Morgan fingerprint density at radius 1 is 0.432 bits per heavy atom. The lowest BCUT2D eigenvalue weighted by Gasteiger charge is -2.13. The molecule has 0 radical (unpaired) electrons. The SMILES string of the molecule is [2H]c1cc([2H])c2c(c1)c1cc([2H])c3c4c([2H])c([2H])cc([2H])c4n(-c4nc(-c5ccccc5)nc(-c5ccccc5)n4)c3c1n2-c1ccccc1. The number of para-hydroxylation sites is 3. The van der Waals surface area contributed by atoms with Gasteiger partial charge in [-0.15, -0.1) is 0 Å². The van der Waals surface area contributed by atoms with Crippen LogP contribution in [0.25, 0.3) is 78.0 Å². The highest BCUT2D eigenvalue weighted by atomic mass is 15.2. The zero-order chi connectivity index (χ0) is 34.3. The van der Waals surface area contributed by atoms with Crippen LogP contribution < -0.4 is 0 Å². The van der Waals surface area contributed by atoms with Crippen molar-refractivity contribution in [2.24, 2.45) is 0 Å². The highest BCUT2D eigenvalue weighted by molar-refractivity contribution is 6.23. The van der Waals surface area contributed by atoms with Gasteiger partial charge in [0.05, 0.1) is 30.3 Å². The summed E-state index contributed by atoms with van der Waals surface area (Å²) >= 11 is 0. The van der Waals surface area contributed by atoms with E-state index in [1.165, 1.54) is 12.1 Å². The monoisotopic (exact) mass is 569 g/mol. The third-order valence-corrected chi connectivity index (χ3v) is 7.90. The fourth-order valence-electron chi connectivity index (χ4n) is 6.00. The molecule has 5 heteroatoms. The number of aromatic nitrogens is 5. The summed E-state index contributed by atoms with van der Waals surface area (Å²) in [6.07, 6.45) is 0. The van der Waals surface area contributed by atoms with Gasteiger partial charge in [0.15, 0.2) is 11.6 Å². The summed E-state index contributed by atoms with van der Waals surface area (Å²) in [7, 11) is 0. The number of hydrogen-bond acceptors (Lipinski definition) is 3. The molecule has 0 amide bonds. The fourth-order valence-corrected chi connectivity index (χ4v) is 6.00. The van der Waals surface area contributed by atoms with Gasteiger partial charge in [0, 0.05) is 38.4 Å². The third-order valence-electron chi connectivity index (χ3n) is 7.90. The Hall–Kier alpha value is -6.07. The molecule has 0 aliphatic rings. The molecule has 3 aromatic heterocycles. The summed E-state index contributed by atoms with van der Waals surface area (Å²) in [6, 6.07) is 35.0. The Balaban J connectivity index is 1.56. The van der Waals surface area contributed by atoms with E-state index in [2.05, 4.69) is 0 Å². The number of hydrogen-bond donors (Lipinski definition) is 0. The zero-order valence-corrected chi connectivity index (χ0v) is 23.2. The summed E-state index contributed by atoms with van der Waals surface area (Å²) in [5.41, 5.74) is 4.13. The van der Waals surface area contributed by atoms with Gasteiger partial charge in [-0.3, -0.25) is 4.57 Å². The molecule has 44 heavy (non-hydrogen) atoms. The molecule has 0 bridgehead atoms. The Labute approximate surface area is 261 Å². The van der Waals surface area contributed by atoms with E-state index in [0.29, 0.717) is 44.4 Å². The first kappa shape index (κ1) is 19.2. The Morgan fingerprint density at radius 2 is 1.02 bits per heavy atom. The van der Waals surface area contributed by atoms with E-state index < -0.39 is 0 Å². The number of nitrogens with zero attached hydrogens (tertiary/aromatic N) is 5. The maximum Gasteiger partial charge on any atom is 0.238 e. The van der Waals surface area contributed by atoms with Gasteiger partial charge in [0.1, 0.15) is 0 Å². The predicted molar refractivity (Wildman–Crippen MR) is 179 cm³/mol. The van der Waals surface area contributed by atoms with E-state index in [4.69, 9.17) is 20.4 Å². The highest BCUT2D eigenvalue weighted by Crippen LogP contribution is 2.41. The van der Waals surface area contributed by atoms with Crippen LogP contribution in [0.2, 0.25) is 0 Å². The van der Waals surface area contributed by atoms with Crippen molar-refractivity contribution in [1.82, 2.24) is 24.1 Å². The van der Waals surface area contributed by atoms with E-state index in [1.807, 2.05) is 95.6 Å². The number of fused-ring (bicyclic) bond motifs is 7. The van der Waals surface area contributed by atoms with Gasteiger partial charge in [-0.1, -0.05) is 127 Å². The first-order valence-corrected chi connectivity index (χ1v) is 14.2. The Morgan fingerprint density at radius 3 is 1.70 bits per heavy atom. The van der Waals surface area contributed by atoms with Crippen molar-refractivity contribution in [3.05, 3.63) is 152 Å². The predicted octanol–water partition coefficient (Wildman–Crippen LogP) is 9.40. The lowest BCUT2D eigenvalue weighted by atomic mass is 10.1. The van der Waals surface area contributed by atoms with Crippen LogP contribution >= 0.6 is 0 Å². The first-order chi connectivity index (χ1) is 24.3. The molecule has 0 unspecified atom stereocenters. The van der Waals surface area contributed by atoms with Crippen molar-refractivity contribution in [2.45, 2.75) is 0 Å². The van der Waals surface area contributed by atoms with Crippen LogP contribution in [0.3, 0.4) is 0 Å². The van der Waals surface area contributed by atoms with Gasteiger partial charge in [0.25, 0.3) is 0 Å². The van der Waals surface area contributed by atoms with E-state index in [0.717, 1.165) is 16.8 Å². The largest absolute Gasteiger partial charge is 0.307 e. The molecule has 206 valence electrons. The van der Waals surface area contributed by atoms with Crippen molar-refractivity contribution in [3.8, 4) is 34.4 Å². The summed E-state index contributed by atoms with van der Waals surface area (Å²) in [6.45, 7) is 0. The molecule has 5 nitrogen and oxygen atoms in total. The Kier molecular flexibility index (Phi) is 4.25. The second-order valence-corrected chi connectivity index (χ2v) is 10.4. The van der Waals surface area contributed by atoms with Crippen molar-refractivity contribution in [2.75, 3.05) is 0 Å². The molecule has 0 N–H and O–H groups in total. The topological polar surface area (TPSA) is 48.5 Å². The van der Waals surface area contributed by atoms with Crippen LogP contribution in [0.5, 0.6) is 0 Å². The van der Waals surface area contributed by atoms with Gasteiger partial charge in [-0.2, -0.15) is 9.97 Å². The summed E-state index contributed by atoms with van der Waals surface area (Å²) in [5.74, 6) is 0.967. The molecule has 9 aromatic rings. The standard InChI is InChI=1S/C39H25N5/c1-4-14-26(15-5-1)37-40-38(27-16-6-2-7-17-27)42-39(41-37)44-34-23-13-11-21-30(34)32-25-24-31-29-20-10-12-22-33(29)43(35(31)36(32)44)28-18-8-3-9-19-28/h1-25H/i10D,11D,21D,22D,23D,25D. The van der Waals surface area contributed by atoms with Gasteiger partial charge in [-0.05, 0) is 24.2 Å². The van der Waals surface area contributed by atoms with E-state index in [-0.39, 0.29) is 53.1 Å². The highest BCUT2D eigenvalue weighted by Gasteiger charge is 2.23. The molecule has 0 aliphatic heterocycles. The Bertz CT molecular complexity index is 2760. The lowest BCUT2D eigenvalue weighted by Crippen LogP contribution is -2.07. The van der Waals surface area contributed by atoms with Crippen LogP contribution in [0.15, 0.2) is 152 Å². The minimum Gasteiger partial charge on any atom is -0.307 e. The van der Waals surface area contributed by atoms with E-state index in [9.17, 15) is 2.74 Å². The number of benzene rings is 6. The van der Waals surface area contributed by atoms with Crippen LogP contribution in [0.1, 0.15) is 8.22 Å². The smallest absolute Gasteiger partial charge is 0.238 e. The molecule has 6 aromatic carbocycles. The maximum atomic E-state index is 9.42. The second kappa shape index (κ2) is 9.75. The quantitative estimate of drug-likeness (QED) is 0.212. The average molecular weight is 570 g/mol. The van der Waals surface area contributed by atoms with Crippen molar-refractivity contribution in [1.29, 1.82) is 0 Å². The van der Waals surface area contributed by atoms with Gasteiger partial charge in [0.2, 0.25) is 5.95 Å². The summed E-state index contributed by atoms with van der Waals surface area (Å²) in [5, 5.41) is 1.88. The molecular weight excluding hydrogens is 538 g/mol. The maximum absolute atomic E-state index is 9.42. The molecule has 0 atom stereocenters. The normalized spacial score (nSPS) is 13.5. The minimum absolute atomic E-state index is 0.0234. The summed E-state index contributed by atoms with van der Waals surface area (Å²) < 4.78 is 57.5. The molecule has 9 rings (SSSR count). The molecule has 3 heterocycles. The molecule has 0 fully saturated rings. The van der Waals surface area contributed by atoms with Crippen LogP contribution in [-0.4, -0.2) is 24.1 Å². The van der Waals surface area contributed by atoms with Crippen molar-refractivity contribution in [3.63, 3.8) is 0 Å². The van der Waals surface area contributed by atoms with E-state index >= 15 is 0 Å². The first-order valence-electron chi connectivity index (χ1n) is 17.2.